The Balaban J connectivity index is 1.71. The largest absolute Gasteiger partial charge is 0.446 e. The molecule has 0 saturated carbocycles. The first-order valence-corrected chi connectivity index (χ1v) is 11.0. The van der Waals surface area contributed by atoms with Gasteiger partial charge in [-0.2, -0.15) is 13.2 Å². The van der Waals surface area contributed by atoms with Gasteiger partial charge in [-0.15, -0.1) is 0 Å². The van der Waals surface area contributed by atoms with E-state index in [2.05, 4.69) is 59.5 Å². The molecule has 1 aromatic heterocycles. The van der Waals surface area contributed by atoms with Crippen LogP contribution in [0.25, 0.3) is 0 Å². The van der Waals surface area contributed by atoms with E-state index in [0.29, 0.717) is 0 Å². The molecule has 0 aliphatic carbocycles. The highest BCUT2D eigenvalue weighted by Crippen LogP contribution is 2.38. The fraction of sp³-hybridized carbons (Fsp3) is 0.500. The summed E-state index contributed by atoms with van der Waals surface area (Å²) < 4.78 is 37.7. The van der Waals surface area contributed by atoms with Crippen LogP contribution in [-0.2, 0) is 6.54 Å². The predicted molar refractivity (Wildman–Crippen MR) is 118 cm³/mol. The molecular formula is C22H29F3N4S. The van der Waals surface area contributed by atoms with Gasteiger partial charge in [-0.1, -0.05) is 0 Å². The molecule has 30 heavy (non-hydrogen) atoms. The number of anilines is 2. The minimum absolute atomic E-state index is 0.0575. The molecule has 0 bridgehead atoms. The number of alkyl halides is 3. The number of aromatic nitrogens is 1. The van der Waals surface area contributed by atoms with Gasteiger partial charge >= 0.3 is 5.51 Å². The van der Waals surface area contributed by atoms with Crippen molar-refractivity contribution < 1.29 is 13.2 Å². The minimum atomic E-state index is -4.26. The summed E-state index contributed by atoms with van der Waals surface area (Å²) in [4.78, 5) is 11.6. The molecule has 1 aromatic carbocycles. The second kappa shape index (κ2) is 9.06. The first-order chi connectivity index (χ1) is 14.1. The van der Waals surface area contributed by atoms with Crippen molar-refractivity contribution in [1.29, 1.82) is 0 Å². The maximum atomic E-state index is 12.6. The van der Waals surface area contributed by atoms with Crippen molar-refractivity contribution in [2.75, 3.05) is 36.1 Å². The first-order valence-electron chi connectivity index (χ1n) is 10.2. The van der Waals surface area contributed by atoms with E-state index in [1.54, 1.807) is 24.3 Å². The molecule has 1 fully saturated rings. The number of hydrogen-bond acceptors (Lipinski definition) is 5. The van der Waals surface area contributed by atoms with Gasteiger partial charge in [0.25, 0.3) is 0 Å². The fourth-order valence-electron chi connectivity index (χ4n) is 3.81. The Morgan fingerprint density at radius 2 is 1.77 bits per heavy atom. The maximum absolute atomic E-state index is 12.6. The highest BCUT2D eigenvalue weighted by atomic mass is 32.2. The van der Waals surface area contributed by atoms with Crippen LogP contribution in [0.4, 0.5) is 24.7 Å². The molecule has 1 aliphatic heterocycles. The molecule has 0 N–H and O–H groups in total. The number of halogens is 3. The summed E-state index contributed by atoms with van der Waals surface area (Å²) in [6.07, 6.45) is 1.86. The molecule has 4 nitrogen and oxygen atoms in total. The van der Waals surface area contributed by atoms with Crippen molar-refractivity contribution >= 4 is 23.3 Å². The lowest BCUT2D eigenvalue weighted by Gasteiger charge is -2.30. The average molecular weight is 439 g/mol. The lowest BCUT2D eigenvalue weighted by molar-refractivity contribution is -0.0328. The van der Waals surface area contributed by atoms with Gasteiger partial charge < -0.3 is 9.80 Å². The molecule has 2 heterocycles. The Labute approximate surface area is 181 Å². The molecule has 3 rings (SSSR count). The SMILES string of the molecule is CCN(CC)c1cc(CN2CN(c3ccc(SC(F)(F)F)cc3)CC2(C)C)ccn1. The van der Waals surface area contributed by atoms with Crippen LogP contribution in [0.1, 0.15) is 33.3 Å². The van der Waals surface area contributed by atoms with Crippen LogP contribution < -0.4 is 9.80 Å². The van der Waals surface area contributed by atoms with Crippen LogP contribution in [-0.4, -0.2) is 47.2 Å². The van der Waals surface area contributed by atoms with Crippen molar-refractivity contribution in [3.8, 4) is 0 Å². The van der Waals surface area contributed by atoms with E-state index < -0.39 is 5.51 Å². The third kappa shape index (κ3) is 5.60. The average Bonchev–Trinajstić information content (AvgIpc) is 2.97. The Morgan fingerprint density at radius 1 is 1.10 bits per heavy atom. The van der Waals surface area contributed by atoms with Gasteiger partial charge in [0.15, 0.2) is 0 Å². The molecular weight excluding hydrogens is 409 g/mol. The second-order valence-corrected chi connectivity index (χ2v) is 9.22. The Bertz CT molecular complexity index is 835. The van der Waals surface area contributed by atoms with Crippen LogP contribution in [0.3, 0.4) is 0 Å². The van der Waals surface area contributed by atoms with Crippen LogP contribution >= 0.6 is 11.8 Å². The van der Waals surface area contributed by atoms with Gasteiger partial charge in [0.2, 0.25) is 0 Å². The van der Waals surface area contributed by atoms with Crippen LogP contribution in [0.15, 0.2) is 47.5 Å². The minimum Gasteiger partial charge on any atom is -0.357 e. The normalized spacial score (nSPS) is 16.8. The summed E-state index contributed by atoms with van der Waals surface area (Å²) in [6, 6.07) is 10.8. The molecule has 2 aromatic rings. The number of rotatable bonds is 7. The predicted octanol–water partition coefficient (Wildman–Crippen LogP) is 5.60. The number of hydrogen-bond donors (Lipinski definition) is 0. The zero-order chi connectivity index (χ0) is 21.9. The number of nitrogens with zero attached hydrogens (tertiary/aromatic N) is 4. The van der Waals surface area contributed by atoms with E-state index in [-0.39, 0.29) is 22.2 Å². The summed E-state index contributed by atoms with van der Waals surface area (Å²) in [6.45, 7) is 12.8. The molecule has 8 heteroatoms. The lowest BCUT2D eigenvalue weighted by Crippen LogP contribution is -2.39. The van der Waals surface area contributed by atoms with Crippen molar-refractivity contribution in [1.82, 2.24) is 9.88 Å². The van der Waals surface area contributed by atoms with E-state index in [0.717, 1.165) is 44.4 Å². The summed E-state index contributed by atoms with van der Waals surface area (Å²) in [5.41, 5.74) is -2.17. The van der Waals surface area contributed by atoms with Crippen LogP contribution in [0.2, 0.25) is 0 Å². The maximum Gasteiger partial charge on any atom is 0.446 e. The molecule has 0 amide bonds. The highest BCUT2D eigenvalue weighted by molar-refractivity contribution is 8.00. The van der Waals surface area contributed by atoms with Crippen molar-refractivity contribution in [2.24, 2.45) is 0 Å². The Hall–Kier alpha value is -1.93. The van der Waals surface area contributed by atoms with Crippen molar-refractivity contribution in [3.05, 3.63) is 48.2 Å². The summed E-state index contributed by atoms with van der Waals surface area (Å²) >= 11 is -0.0775. The van der Waals surface area contributed by atoms with Crippen LogP contribution in [0, 0.1) is 0 Å². The van der Waals surface area contributed by atoms with Crippen molar-refractivity contribution in [2.45, 2.75) is 50.2 Å². The quantitative estimate of drug-likeness (QED) is 0.524. The van der Waals surface area contributed by atoms with Gasteiger partial charge in [0, 0.05) is 48.5 Å². The first kappa shape index (κ1) is 22.7. The molecule has 0 radical (unpaired) electrons. The summed E-state index contributed by atoms with van der Waals surface area (Å²) in [5.74, 6) is 0.990. The molecule has 0 spiro atoms. The van der Waals surface area contributed by atoms with Gasteiger partial charge in [0.05, 0.1) is 6.67 Å². The summed E-state index contributed by atoms with van der Waals surface area (Å²) in [5, 5.41) is 0. The lowest BCUT2D eigenvalue weighted by atomic mass is 10.0. The second-order valence-electron chi connectivity index (χ2n) is 8.09. The van der Waals surface area contributed by atoms with E-state index >= 15 is 0 Å². The van der Waals surface area contributed by atoms with Crippen molar-refractivity contribution in [3.63, 3.8) is 0 Å². The highest BCUT2D eigenvalue weighted by Gasteiger charge is 2.37. The third-order valence-corrected chi connectivity index (χ3v) is 6.22. The molecule has 164 valence electrons. The van der Waals surface area contributed by atoms with E-state index in [4.69, 9.17) is 0 Å². The molecule has 1 saturated heterocycles. The Kier molecular flexibility index (Phi) is 6.87. The Morgan fingerprint density at radius 3 is 2.37 bits per heavy atom. The molecule has 1 aliphatic rings. The zero-order valence-electron chi connectivity index (χ0n) is 17.9. The van der Waals surface area contributed by atoms with Gasteiger partial charge in [-0.25, -0.2) is 4.98 Å². The fourth-order valence-corrected chi connectivity index (χ4v) is 4.35. The number of benzene rings is 1. The zero-order valence-corrected chi connectivity index (χ0v) is 18.7. The summed E-state index contributed by atoms with van der Waals surface area (Å²) in [7, 11) is 0. The number of pyridine rings is 1. The third-order valence-electron chi connectivity index (χ3n) is 5.48. The number of thioether (sulfide) groups is 1. The standard InChI is InChI=1S/C22H29F3N4S/c1-5-27(6-2)20-13-17(11-12-26-20)14-29-16-28(15-21(29,3)4)18-7-9-19(10-8-18)30-22(23,24)25/h7-13H,5-6,14-16H2,1-4H3. The van der Waals surface area contributed by atoms with Gasteiger partial charge in [-0.3, -0.25) is 4.90 Å². The van der Waals surface area contributed by atoms with E-state index in [1.165, 1.54) is 5.56 Å². The van der Waals surface area contributed by atoms with E-state index in [1.807, 2.05) is 6.20 Å². The van der Waals surface area contributed by atoms with Crippen LogP contribution in [0.5, 0.6) is 0 Å². The smallest absolute Gasteiger partial charge is 0.357 e. The monoisotopic (exact) mass is 438 g/mol. The van der Waals surface area contributed by atoms with E-state index in [9.17, 15) is 13.2 Å². The van der Waals surface area contributed by atoms with Gasteiger partial charge in [0.1, 0.15) is 5.82 Å². The molecule has 0 atom stereocenters. The topological polar surface area (TPSA) is 22.6 Å². The van der Waals surface area contributed by atoms with Gasteiger partial charge in [-0.05, 0) is 81.4 Å². The molecule has 0 unspecified atom stereocenters.